The highest BCUT2D eigenvalue weighted by atomic mass is 35.5. The second-order valence-electron chi connectivity index (χ2n) is 5.24. The number of carbonyl (C=O) groups is 1. The number of hydrogen-bond donors (Lipinski definition) is 0. The van der Waals surface area contributed by atoms with Crippen molar-refractivity contribution in [3.63, 3.8) is 0 Å². The summed E-state index contributed by atoms with van der Waals surface area (Å²) in [4.78, 5) is 14.5. The number of nitrogens with zero attached hydrogens (tertiary/aromatic N) is 4. The quantitative estimate of drug-likeness (QED) is 0.870. The minimum Gasteiger partial charge on any atom is -0.377 e. The van der Waals surface area contributed by atoms with E-state index in [2.05, 4.69) is 10.2 Å². The molecule has 0 N–H and O–H groups in total. The van der Waals surface area contributed by atoms with Crippen LogP contribution in [-0.4, -0.2) is 39.2 Å². The molecule has 1 amide bonds. The van der Waals surface area contributed by atoms with Crippen molar-refractivity contribution in [2.75, 3.05) is 13.7 Å². The first kappa shape index (κ1) is 15.0. The maximum absolute atomic E-state index is 12.7. The number of benzene rings is 1. The Morgan fingerprint density at radius 3 is 2.95 bits per heavy atom. The van der Waals surface area contributed by atoms with Crippen LogP contribution in [0, 0.1) is 0 Å². The molecular weight excluding hydrogens is 304 g/mol. The van der Waals surface area contributed by atoms with E-state index in [1.807, 2.05) is 11.5 Å². The van der Waals surface area contributed by atoms with E-state index in [0.29, 0.717) is 30.3 Å². The van der Waals surface area contributed by atoms with Gasteiger partial charge >= 0.3 is 0 Å². The summed E-state index contributed by atoms with van der Waals surface area (Å²) in [5.74, 6) is 1.53. The average molecular weight is 321 g/mol. The van der Waals surface area contributed by atoms with Crippen LogP contribution in [0.4, 0.5) is 0 Å². The van der Waals surface area contributed by atoms with Gasteiger partial charge in [0, 0.05) is 30.8 Å². The minimum absolute atomic E-state index is 0.0439. The zero-order valence-corrected chi connectivity index (χ0v) is 13.2. The largest absolute Gasteiger partial charge is 0.377 e. The monoisotopic (exact) mass is 320 g/mol. The lowest BCUT2D eigenvalue weighted by Gasteiger charge is -2.33. The standard InChI is InChI=1S/C15H17ClN4O2/c1-10-14-18-17-13(9-22-2)20(14)7-6-19(10)15(21)11-4-3-5-12(16)8-11/h3-5,8,10H,6-7,9H2,1-2H3. The highest BCUT2D eigenvalue weighted by Gasteiger charge is 2.31. The van der Waals surface area contributed by atoms with E-state index in [0.717, 1.165) is 11.6 Å². The van der Waals surface area contributed by atoms with E-state index >= 15 is 0 Å². The summed E-state index contributed by atoms with van der Waals surface area (Å²) in [6, 6.07) is 6.86. The Kier molecular flexibility index (Phi) is 4.13. The van der Waals surface area contributed by atoms with E-state index in [4.69, 9.17) is 16.3 Å². The molecule has 0 spiro atoms. The lowest BCUT2D eigenvalue weighted by molar-refractivity contribution is 0.0632. The van der Waals surface area contributed by atoms with Gasteiger partial charge in [0.1, 0.15) is 6.61 Å². The number of fused-ring (bicyclic) bond motifs is 1. The zero-order chi connectivity index (χ0) is 15.7. The highest BCUT2D eigenvalue weighted by molar-refractivity contribution is 6.30. The number of hydrogen-bond acceptors (Lipinski definition) is 4. The highest BCUT2D eigenvalue weighted by Crippen LogP contribution is 2.26. The van der Waals surface area contributed by atoms with Gasteiger partial charge in [0.25, 0.3) is 5.91 Å². The van der Waals surface area contributed by atoms with Crippen molar-refractivity contribution in [1.29, 1.82) is 0 Å². The number of rotatable bonds is 3. The molecule has 0 bridgehead atoms. The molecule has 22 heavy (non-hydrogen) atoms. The SMILES string of the molecule is COCc1nnc2n1CCN(C(=O)c1cccc(Cl)c1)C2C. The van der Waals surface area contributed by atoms with Crippen LogP contribution >= 0.6 is 11.6 Å². The Hall–Kier alpha value is -1.92. The summed E-state index contributed by atoms with van der Waals surface area (Å²) in [6.45, 7) is 3.65. The van der Waals surface area contributed by atoms with Crippen molar-refractivity contribution in [1.82, 2.24) is 19.7 Å². The molecule has 0 saturated heterocycles. The number of amides is 1. The second kappa shape index (κ2) is 6.06. The Labute approximate surface area is 133 Å². The Morgan fingerprint density at radius 1 is 1.41 bits per heavy atom. The molecular formula is C15H17ClN4O2. The van der Waals surface area contributed by atoms with E-state index in [1.165, 1.54) is 0 Å². The molecule has 2 heterocycles. The summed E-state index contributed by atoms with van der Waals surface area (Å²) in [5.41, 5.74) is 0.587. The summed E-state index contributed by atoms with van der Waals surface area (Å²) in [6.07, 6.45) is 0. The molecule has 6 nitrogen and oxygen atoms in total. The number of ether oxygens (including phenoxy) is 1. The Morgan fingerprint density at radius 2 is 2.23 bits per heavy atom. The van der Waals surface area contributed by atoms with Gasteiger partial charge in [-0.3, -0.25) is 4.79 Å². The third-order valence-electron chi connectivity index (χ3n) is 3.87. The van der Waals surface area contributed by atoms with Gasteiger partial charge in [-0.1, -0.05) is 17.7 Å². The first-order chi connectivity index (χ1) is 10.6. The third-order valence-corrected chi connectivity index (χ3v) is 4.10. The third kappa shape index (κ3) is 2.60. The first-order valence-corrected chi connectivity index (χ1v) is 7.47. The molecule has 1 aromatic heterocycles. The predicted molar refractivity (Wildman–Crippen MR) is 81.6 cm³/mol. The molecule has 3 rings (SSSR count). The number of carbonyl (C=O) groups excluding carboxylic acids is 1. The first-order valence-electron chi connectivity index (χ1n) is 7.09. The van der Waals surface area contributed by atoms with Crippen molar-refractivity contribution < 1.29 is 9.53 Å². The van der Waals surface area contributed by atoms with E-state index in [-0.39, 0.29) is 11.9 Å². The molecule has 1 unspecified atom stereocenters. The van der Waals surface area contributed by atoms with E-state index < -0.39 is 0 Å². The fourth-order valence-corrected chi connectivity index (χ4v) is 2.93. The van der Waals surface area contributed by atoms with Gasteiger partial charge in [0.05, 0.1) is 6.04 Å². The van der Waals surface area contributed by atoms with Crippen LogP contribution in [0.2, 0.25) is 5.02 Å². The van der Waals surface area contributed by atoms with Gasteiger partial charge in [0.2, 0.25) is 0 Å². The lowest BCUT2D eigenvalue weighted by Crippen LogP contribution is -2.41. The summed E-state index contributed by atoms with van der Waals surface area (Å²) >= 11 is 5.97. The van der Waals surface area contributed by atoms with Gasteiger partial charge in [-0.15, -0.1) is 10.2 Å². The normalized spacial score (nSPS) is 17.4. The van der Waals surface area contributed by atoms with Crippen molar-refractivity contribution >= 4 is 17.5 Å². The number of aromatic nitrogens is 3. The molecule has 0 saturated carbocycles. The van der Waals surface area contributed by atoms with Crippen LogP contribution in [0.3, 0.4) is 0 Å². The van der Waals surface area contributed by atoms with Gasteiger partial charge in [-0.25, -0.2) is 0 Å². The van der Waals surface area contributed by atoms with Gasteiger partial charge in [0.15, 0.2) is 11.6 Å². The summed E-state index contributed by atoms with van der Waals surface area (Å²) in [7, 11) is 1.63. The topological polar surface area (TPSA) is 60.3 Å². The van der Waals surface area contributed by atoms with Crippen LogP contribution in [0.1, 0.15) is 35.0 Å². The molecule has 0 fully saturated rings. The molecule has 7 heteroatoms. The second-order valence-corrected chi connectivity index (χ2v) is 5.68. The molecule has 116 valence electrons. The van der Waals surface area contributed by atoms with Gasteiger partial charge < -0.3 is 14.2 Å². The van der Waals surface area contributed by atoms with Crippen LogP contribution in [0.5, 0.6) is 0 Å². The van der Waals surface area contributed by atoms with Gasteiger partial charge in [-0.2, -0.15) is 0 Å². The molecule has 0 radical (unpaired) electrons. The van der Waals surface area contributed by atoms with E-state index in [1.54, 1.807) is 36.3 Å². The maximum atomic E-state index is 12.7. The van der Waals surface area contributed by atoms with Crippen LogP contribution < -0.4 is 0 Å². The number of methoxy groups -OCH3 is 1. The fraction of sp³-hybridized carbons (Fsp3) is 0.400. The lowest BCUT2D eigenvalue weighted by atomic mass is 10.1. The van der Waals surface area contributed by atoms with Crippen LogP contribution in [-0.2, 0) is 17.9 Å². The fourth-order valence-electron chi connectivity index (χ4n) is 2.74. The molecule has 1 aliphatic heterocycles. The smallest absolute Gasteiger partial charge is 0.254 e. The number of halogens is 1. The average Bonchev–Trinajstić information content (AvgIpc) is 2.92. The maximum Gasteiger partial charge on any atom is 0.254 e. The Bertz CT molecular complexity index is 701. The van der Waals surface area contributed by atoms with Crippen molar-refractivity contribution in [3.05, 3.63) is 46.5 Å². The molecule has 1 aromatic carbocycles. The molecule has 2 aromatic rings. The van der Waals surface area contributed by atoms with Gasteiger partial charge in [-0.05, 0) is 25.1 Å². The van der Waals surface area contributed by atoms with Crippen molar-refractivity contribution in [3.8, 4) is 0 Å². The summed E-state index contributed by atoms with van der Waals surface area (Å²) < 4.78 is 7.15. The summed E-state index contributed by atoms with van der Waals surface area (Å²) in [5, 5.41) is 8.92. The van der Waals surface area contributed by atoms with Crippen LogP contribution in [0.25, 0.3) is 0 Å². The van der Waals surface area contributed by atoms with Crippen LogP contribution in [0.15, 0.2) is 24.3 Å². The van der Waals surface area contributed by atoms with Crippen molar-refractivity contribution in [2.45, 2.75) is 26.1 Å². The predicted octanol–water partition coefficient (Wildman–Crippen LogP) is 2.29. The zero-order valence-electron chi connectivity index (χ0n) is 12.5. The van der Waals surface area contributed by atoms with Crippen molar-refractivity contribution in [2.24, 2.45) is 0 Å². The molecule has 1 atom stereocenters. The van der Waals surface area contributed by atoms with E-state index in [9.17, 15) is 4.79 Å². The molecule has 1 aliphatic rings. The minimum atomic E-state index is -0.140. The molecule has 0 aliphatic carbocycles. The Balaban J connectivity index is 1.86.